The van der Waals surface area contributed by atoms with Crippen LogP contribution in [0.15, 0.2) is 0 Å². The first-order valence-electron chi connectivity index (χ1n) is 10.9. The van der Waals surface area contributed by atoms with E-state index in [0.29, 0.717) is 25.9 Å². The predicted molar refractivity (Wildman–Crippen MR) is 123 cm³/mol. The van der Waals surface area contributed by atoms with Crippen LogP contribution in [0.1, 0.15) is 46.5 Å². The number of carbonyl (C=O) groups excluding carboxylic acids is 3. The van der Waals surface area contributed by atoms with Gasteiger partial charge in [-0.2, -0.15) is 0 Å². The molecule has 1 aliphatic heterocycles. The van der Waals surface area contributed by atoms with Crippen molar-refractivity contribution in [3.05, 3.63) is 0 Å². The minimum Gasteiger partial charge on any atom is -0.473 e. The monoisotopic (exact) mass is 484 g/mol. The van der Waals surface area contributed by atoms with Gasteiger partial charge < -0.3 is 30.5 Å². The van der Waals surface area contributed by atoms with Gasteiger partial charge in [-0.05, 0) is 53.1 Å². The lowest BCUT2D eigenvalue weighted by molar-refractivity contribution is -0.159. The molecule has 0 aromatic rings. The van der Waals surface area contributed by atoms with Crippen molar-refractivity contribution in [3.8, 4) is 11.8 Å². The number of aliphatic carboxylic acids is 2. The SMILES string of the molecule is CN(CC#CCN1CCCC1)C(=O)CCCNC(=O)CNC(=O)OC(C)(C)C.O=C(O)C(=O)O. The third kappa shape index (κ3) is 17.3. The molecule has 0 unspecified atom stereocenters. The number of likely N-dealkylation sites (tertiary alicyclic amines) is 1. The smallest absolute Gasteiger partial charge is 0.414 e. The normalized spacial score (nSPS) is 12.8. The maximum Gasteiger partial charge on any atom is 0.414 e. The summed E-state index contributed by atoms with van der Waals surface area (Å²) in [6.07, 6.45) is 2.72. The summed E-state index contributed by atoms with van der Waals surface area (Å²) in [7, 11) is 1.73. The quantitative estimate of drug-likeness (QED) is 0.213. The number of nitrogens with one attached hydrogen (secondary N) is 2. The van der Waals surface area contributed by atoms with E-state index in [0.717, 1.165) is 19.6 Å². The van der Waals surface area contributed by atoms with Crippen LogP contribution in [0.25, 0.3) is 0 Å². The summed E-state index contributed by atoms with van der Waals surface area (Å²) in [4.78, 5) is 57.3. The standard InChI is InChI=1S/C20H34N4O4.C2H2O4/c1-20(2,3)28-19(27)22-16-17(25)21-11-9-10-18(26)23(4)12-5-6-13-24-14-7-8-15-24;3-1(4)2(5)6/h7-16H2,1-4H3,(H,21,25)(H,22,27);(H,3,4)(H,5,6). The Morgan fingerprint density at radius 2 is 1.59 bits per heavy atom. The van der Waals surface area contributed by atoms with Crippen LogP contribution in [0.5, 0.6) is 0 Å². The van der Waals surface area contributed by atoms with Gasteiger partial charge in [0.05, 0.1) is 19.6 Å². The number of hydrogen-bond donors (Lipinski definition) is 4. The van der Waals surface area contributed by atoms with E-state index in [9.17, 15) is 14.4 Å². The third-order valence-electron chi connectivity index (χ3n) is 4.23. The van der Waals surface area contributed by atoms with Crippen LogP contribution in [0.3, 0.4) is 0 Å². The summed E-state index contributed by atoms with van der Waals surface area (Å²) in [5.41, 5.74) is -0.606. The molecule has 0 aromatic carbocycles. The number of amides is 3. The second-order valence-electron chi connectivity index (χ2n) is 8.51. The first kappa shape index (κ1) is 30.7. The largest absolute Gasteiger partial charge is 0.473 e. The number of ether oxygens (including phenoxy) is 1. The lowest BCUT2D eigenvalue weighted by atomic mass is 10.2. The molecular formula is C22H36N4O8. The van der Waals surface area contributed by atoms with E-state index >= 15 is 0 Å². The van der Waals surface area contributed by atoms with Gasteiger partial charge in [-0.25, -0.2) is 14.4 Å². The average Bonchev–Trinajstić information content (AvgIpc) is 3.25. The van der Waals surface area contributed by atoms with Crippen LogP contribution in [0, 0.1) is 11.8 Å². The molecule has 0 radical (unpaired) electrons. The lowest BCUT2D eigenvalue weighted by Crippen LogP contribution is -2.40. The topological polar surface area (TPSA) is 166 Å². The summed E-state index contributed by atoms with van der Waals surface area (Å²) in [6.45, 7) is 8.87. The zero-order valence-corrected chi connectivity index (χ0v) is 20.3. The van der Waals surface area contributed by atoms with Crippen molar-refractivity contribution in [2.45, 2.75) is 52.1 Å². The van der Waals surface area contributed by atoms with E-state index in [2.05, 4.69) is 27.4 Å². The van der Waals surface area contributed by atoms with Crippen LogP contribution >= 0.6 is 0 Å². The molecule has 34 heavy (non-hydrogen) atoms. The Kier molecular flexibility index (Phi) is 14.7. The Bertz CT molecular complexity index is 749. The molecule has 0 aliphatic carbocycles. The number of alkyl carbamates (subject to hydrolysis) is 1. The van der Waals surface area contributed by atoms with E-state index in [4.69, 9.17) is 24.5 Å². The van der Waals surface area contributed by atoms with Crippen LogP contribution in [-0.2, 0) is 23.9 Å². The molecule has 12 heteroatoms. The first-order chi connectivity index (χ1) is 15.8. The maximum atomic E-state index is 12.0. The summed E-state index contributed by atoms with van der Waals surface area (Å²) >= 11 is 0. The molecule has 1 fully saturated rings. The summed E-state index contributed by atoms with van der Waals surface area (Å²) in [5, 5.41) is 19.8. The Morgan fingerprint density at radius 3 is 2.12 bits per heavy atom. The number of nitrogens with zero attached hydrogens (tertiary/aromatic N) is 2. The van der Waals surface area contributed by atoms with Gasteiger partial charge in [0, 0.05) is 20.0 Å². The van der Waals surface area contributed by atoms with Crippen LogP contribution < -0.4 is 10.6 Å². The second kappa shape index (κ2) is 16.3. The molecule has 0 atom stereocenters. The molecule has 1 saturated heterocycles. The highest BCUT2D eigenvalue weighted by Crippen LogP contribution is 2.06. The highest BCUT2D eigenvalue weighted by atomic mass is 16.6. The van der Waals surface area contributed by atoms with Gasteiger partial charge >= 0.3 is 18.0 Å². The van der Waals surface area contributed by atoms with Crippen molar-refractivity contribution < 1.29 is 38.9 Å². The first-order valence-corrected chi connectivity index (χ1v) is 10.9. The Labute approximate surface area is 200 Å². The zero-order valence-electron chi connectivity index (χ0n) is 20.3. The van der Waals surface area contributed by atoms with Crippen LogP contribution in [-0.4, -0.2) is 102 Å². The van der Waals surface area contributed by atoms with Crippen LogP contribution in [0.4, 0.5) is 4.79 Å². The van der Waals surface area contributed by atoms with E-state index in [1.54, 1.807) is 32.7 Å². The second-order valence-corrected chi connectivity index (χ2v) is 8.51. The number of rotatable bonds is 8. The van der Waals surface area contributed by atoms with Crippen molar-refractivity contribution >= 4 is 29.8 Å². The lowest BCUT2D eigenvalue weighted by Gasteiger charge is -2.19. The van der Waals surface area contributed by atoms with Gasteiger partial charge in [-0.3, -0.25) is 14.5 Å². The van der Waals surface area contributed by atoms with E-state index < -0.39 is 23.6 Å². The number of carbonyl (C=O) groups is 5. The maximum absolute atomic E-state index is 12.0. The summed E-state index contributed by atoms with van der Waals surface area (Å²) in [5.74, 6) is 2.18. The molecule has 1 rings (SSSR count). The molecule has 3 amide bonds. The van der Waals surface area contributed by atoms with Crippen LogP contribution in [0.2, 0.25) is 0 Å². The predicted octanol–water partition coefficient (Wildman–Crippen LogP) is 0.121. The summed E-state index contributed by atoms with van der Waals surface area (Å²) in [6, 6.07) is 0. The van der Waals surface area contributed by atoms with Gasteiger partial charge in [0.15, 0.2) is 0 Å². The van der Waals surface area contributed by atoms with Crippen molar-refractivity contribution in [2.75, 3.05) is 46.3 Å². The average molecular weight is 485 g/mol. The molecule has 1 heterocycles. The fraction of sp³-hybridized carbons (Fsp3) is 0.682. The minimum absolute atomic E-state index is 0.00315. The van der Waals surface area contributed by atoms with Crippen molar-refractivity contribution in [1.29, 1.82) is 0 Å². The number of carboxylic acids is 2. The molecule has 192 valence electrons. The van der Waals surface area contributed by atoms with Crippen molar-refractivity contribution in [1.82, 2.24) is 20.4 Å². The highest BCUT2D eigenvalue weighted by molar-refractivity contribution is 6.27. The molecule has 12 nitrogen and oxygen atoms in total. The molecule has 0 bridgehead atoms. The molecular weight excluding hydrogens is 448 g/mol. The molecule has 0 aromatic heterocycles. The number of hydrogen-bond acceptors (Lipinski definition) is 7. The molecule has 0 saturated carbocycles. The fourth-order valence-electron chi connectivity index (χ4n) is 2.56. The van der Waals surface area contributed by atoms with Crippen molar-refractivity contribution in [3.63, 3.8) is 0 Å². The third-order valence-corrected chi connectivity index (χ3v) is 4.23. The van der Waals surface area contributed by atoms with E-state index in [1.807, 2.05) is 0 Å². The fourth-order valence-corrected chi connectivity index (χ4v) is 2.56. The number of carboxylic acid groups (broad SMARTS) is 2. The molecule has 4 N–H and O–H groups in total. The summed E-state index contributed by atoms with van der Waals surface area (Å²) < 4.78 is 5.05. The van der Waals surface area contributed by atoms with Gasteiger partial charge in [0.25, 0.3) is 0 Å². The van der Waals surface area contributed by atoms with E-state index in [-0.39, 0.29) is 18.4 Å². The Balaban J connectivity index is 0.00000160. The highest BCUT2D eigenvalue weighted by Gasteiger charge is 2.16. The zero-order chi connectivity index (χ0) is 26.1. The minimum atomic E-state index is -1.82. The van der Waals surface area contributed by atoms with Crippen molar-refractivity contribution in [2.24, 2.45) is 0 Å². The van der Waals surface area contributed by atoms with Gasteiger partial charge in [-0.15, -0.1) is 0 Å². The Morgan fingerprint density at radius 1 is 1.00 bits per heavy atom. The van der Waals surface area contributed by atoms with Gasteiger partial charge in [0.1, 0.15) is 5.60 Å². The van der Waals surface area contributed by atoms with Gasteiger partial charge in [0.2, 0.25) is 11.8 Å². The Hall–Kier alpha value is -3.33. The van der Waals surface area contributed by atoms with E-state index in [1.165, 1.54) is 12.8 Å². The van der Waals surface area contributed by atoms with Gasteiger partial charge in [-0.1, -0.05) is 11.8 Å². The molecule has 1 aliphatic rings. The molecule has 0 spiro atoms.